The highest BCUT2D eigenvalue weighted by Gasteiger charge is 2.32. The van der Waals surface area contributed by atoms with Gasteiger partial charge in [-0.25, -0.2) is 13.4 Å². The molecule has 0 aliphatic heterocycles. The first-order chi connectivity index (χ1) is 9.53. The maximum atomic E-state index is 12.0. The number of aryl methyl sites for hydroxylation is 1. The zero-order chi connectivity index (χ0) is 16.0. The predicted molar refractivity (Wildman–Crippen MR) is 87.7 cm³/mol. The molecule has 1 aromatic heterocycles. The van der Waals surface area contributed by atoms with E-state index in [1.54, 1.807) is 13.8 Å². The van der Waals surface area contributed by atoms with E-state index in [4.69, 9.17) is 11.6 Å². The van der Waals surface area contributed by atoms with Crippen LogP contribution in [0.15, 0.2) is 18.2 Å². The van der Waals surface area contributed by atoms with Gasteiger partial charge in [0.15, 0.2) is 9.84 Å². The molecule has 0 bridgehead atoms. The van der Waals surface area contributed by atoms with Crippen LogP contribution >= 0.6 is 11.6 Å². The summed E-state index contributed by atoms with van der Waals surface area (Å²) in [5.74, 6) is 0.703. The monoisotopic (exact) mass is 328 g/mol. The van der Waals surface area contributed by atoms with Gasteiger partial charge in [0.25, 0.3) is 0 Å². The first kappa shape index (κ1) is 16.3. The third kappa shape index (κ3) is 3.09. The summed E-state index contributed by atoms with van der Waals surface area (Å²) in [4.78, 5) is 4.58. The summed E-state index contributed by atoms with van der Waals surface area (Å²) in [6, 6.07) is 5.96. The largest absolute Gasteiger partial charge is 0.325 e. The standard InChI is InChI=1S/C15H21ClN2O2S/c1-10-6-7-13-12(8-10)17-14(11(2)16)18(13)9-15(3,4)21(5,19)20/h6-8,11H,9H2,1-5H3. The Kier molecular flexibility index (Phi) is 4.10. The molecule has 0 N–H and O–H groups in total. The Morgan fingerprint density at radius 2 is 2.00 bits per heavy atom. The van der Waals surface area contributed by atoms with E-state index >= 15 is 0 Å². The van der Waals surface area contributed by atoms with E-state index in [9.17, 15) is 8.42 Å². The molecule has 0 aliphatic carbocycles. The Balaban J connectivity index is 2.64. The minimum atomic E-state index is -3.19. The number of nitrogens with zero attached hydrogens (tertiary/aromatic N) is 2. The van der Waals surface area contributed by atoms with Gasteiger partial charge < -0.3 is 4.57 Å². The number of alkyl halides is 1. The van der Waals surface area contributed by atoms with Crippen molar-refractivity contribution in [2.24, 2.45) is 0 Å². The third-order valence-corrected chi connectivity index (χ3v) is 6.16. The molecule has 116 valence electrons. The number of benzene rings is 1. The van der Waals surface area contributed by atoms with Crippen molar-refractivity contribution in [1.82, 2.24) is 9.55 Å². The molecule has 2 aromatic rings. The predicted octanol–water partition coefficient (Wildman–Crippen LogP) is 3.47. The smallest absolute Gasteiger partial charge is 0.154 e. The Hall–Kier alpha value is -1.07. The second-order valence-corrected chi connectivity index (χ2v) is 9.50. The molecule has 21 heavy (non-hydrogen) atoms. The normalized spacial score (nSPS) is 14.6. The summed E-state index contributed by atoms with van der Waals surface area (Å²) in [5.41, 5.74) is 2.88. The second-order valence-electron chi connectivity index (χ2n) is 6.20. The van der Waals surface area contributed by atoms with Gasteiger partial charge >= 0.3 is 0 Å². The van der Waals surface area contributed by atoms with Gasteiger partial charge in [-0.05, 0) is 45.4 Å². The van der Waals surface area contributed by atoms with Crippen LogP contribution in [0.4, 0.5) is 0 Å². The van der Waals surface area contributed by atoms with Crippen LogP contribution in [-0.2, 0) is 16.4 Å². The van der Waals surface area contributed by atoms with E-state index in [-0.39, 0.29) is 5.38 Å². The van der Waals surface area contributed by atoms with E-state index in [1.807, 2.05) is 36.6 Å². The van der Waals surface area contributed by atoms with Crippen LogP contribution in [0.5, 0.6) is 0 Å². The van der Waals surface area contributed by atoms with Crippen molar-refractivity contribution in [3.8, 4) is 0 Å². The number of rotatable bonds is 4. The average molecular weight is 329 g/mol. The van der Waals surface area contributed by atoms with Crippen molar-refractivity contribution in [3.05, 3.63) is 29.6 Å². The zero-order valence-electron chi connectivity index (χ0n) is 13.0. The summed E-state index contributed by atoms with van der Waals surface area (Å²) in [5, 5.41) is -0.284. The quantitative estimate of drug-likeness (QED) is 0.807. The van der Waals surface area contributed by atoms with E-state index in [2.05, 4.69) is 4.98 Å². The van der Waals surface area contributed by atoms with Gasteiger partial charge in [-0.3, -0.25) is 0 Å². The van der Waals surface area contributed by atoms with Crippen molar-refractivity contribution in [1.29, 1.82) is 0 Å². The number of aromatic nitrogens is 2. The zero-order valence-corrected chi connectivity index (χ0v) is 14.6. The summed E-state index contributed by atoms with van der Waals surface area (Å²) in [6.07, 6.45) is 1.26. The highest BCUT2D eigenvalue weighted by atomic mass is 35.5. The van der Waals surface area contributed by atoms with Gasteiger partial charge in [-0.1, -0.05) is 6.07 Å². The number of hydrogen-bond donors (Lipinski definition) is 0. The highest BCUT2D eigenvalue weighted by molar-refractivity contribution is 7.92. The number of hydrogen-bond acceptors (Lipinski definition) is 3. The fourth-order valence-electron chi connectivity index (χ4n) is 2.23. The fraction of sp³-hybridized carbons (Fsp3) is 0.533. The highest BCUT2D eigenvalue weighted by Crippen LogP contribution is 2.28. The molecule has 4 nitrogen and oxygen atoms in total. The van der Waals surface area contributed by atoms with E-state index in [0.29, 0.717) is 12.4 Å². The van der Waals surface area contributed by atoms with E-state index in [0.717, 1.165) is 16.6 Å². The van der Waals surface area contributed by atoms with E-state index in [1.165, 1.54) is 6.26 Å². The topological polar surface area (TPSA) is 52.0 Å². The number of sulfone groups is 1. The Morgan fingerprint density at radius 3 is 2.52 bits per heavy atom. The molecule has 0 saturated carbocycles. The van der Waals surface area contributed by atoms with Crippen LogP contribution in [0.1, 0.15) is 37.5 Å². The molecule has 1 atom stereocenters. The molecule has 1 aromatic carbocycles. The van der Waals surface area contributed by atoms with Gasteiger partial charge in [0.1, 0.15) is 5.82 Å². The molecule has 0 spiro atoms. The minimum Gasteiger partial charge on any atom is -0.325 e. The summed E-state index contributed by atoms with van der Waals surface area (Å²) < 4.78 is 25.0. The van der Waals surface area contributed by atoms with Crippen LogP contribution in [0.25, 0.3) is 11.0 Å². The molecule has 0 amide bonds. The molecule has 2 rings (SSSR count). The molecular weight excluding hydrogens is 308 g/mol. The van der Waals surface area contributed by atoms with E-state index < -0.39 is 14.6 Å². The summed E-state index contributed by atoms with van der Waals surface area (Å²) in [7, 11) is -3.19. The maximum absolute atomic E-state index is 12.0. The van der Waals surface area contributed by atoms with Gasteiger partial charge in [0, 0.05) is 12.8 Å². The number of imidazole rings is 1. The molecule has 0 fully saturated rings. The van der Waals surface area contributed by atoms with Gasteiger partial charge in [0.2, 0.25) is 0 Å². The van der Waals surface area contributed by atoms with Gasteiger partial charge in [-0.15, -0.1) is 11.6 Å². The first-order valence-corrected chi connectivity index (χ1v) is 9.16. The number of fused-ring (bicyclic) bond motifs is 1. The molecule has 6 heteroatoms. The fourth-order valence-corrected chi connectivity index (χ4v) is 2.76. The maximum Gasteiger partial charge on any atom is 0.154 e. The van der Waals surface area contributed by atoms with Gasteiger partial charge in [-0.2, -0.15) is 0 Å². The second kappa shape index (κ2) is 5.29. The van der Waals surface area contributed by atoms with Crippen LogP contribution in [0.3, 0.4) is 0 Å². The summed E-state index contributed by atoms with van der Waals surface area (Å²) in [6.45, 7) is 7.64. The van der Waals surface area contributed by atoms with Crippen molar-refractivity contribution < 1.29 is 8.42 Å². The lowest BCUT2D eigenvalue weighted by molar-refractivity contribution is 0.499. The van der Waals surface area contributed by atoms with Crippen LogP contribution in [0, 0.1) is 6.92 Å². The Bertz CT molecular complexity index is 776. The molecule has 0 saturated heterocycles. The lowest BCUT2D eigenvalue weighted by Gasteiger charge is -2.25. The average Bonchev–Trinajstić information content (AvgIpc) is 2.65. The first-order valence-electron chi connectivity index (χ1n) is 6.83. The van der Waals surface area contributed by atoms with Crippen molar-refractivity contribution in [3.63, 3.8) is 0 Å². The van der Waals surface area contributed by atoms with Crippen LogP contribution < -0.4 is 0 Å². The Morgan fingerprint density at radius 1 is 1.38 bits per heavy atom. The lowest BCUT2D eigenvalue weighted by Crippen LogP contribution is -2.36. The number of halogens is 1. The molecule has 0 radical (unpaired) electrons. The summed E-state index contributed by atoms with van der Waals surface area (Å²) >= 11 is 6.23. The lowest BCUT2D eigenvalue weighted by atomic mass is 10.2. The molecule has 1 unspecified atom stereocenters. The molecule has 0 aliphatic rings. The minimum absolute atomic E-state index is 0.284. The molecule has 1 heterocycles. The van der Waals surface area contributed by atoms with Crippen molar-refractivity contribution in [2.45, 2.75) is 44.4 Å². The SMILES string of the molecule is Cc1ccc2c(c1)nc(C(C)Cl)n2CC(C)(C)S(C)(=O)=O. The third-order valence-electron chi connectivity index (χ3n) is 3.83. The van der Waals surface area contributed by atoms with Crippen LogP contribution in [0.2, 0.25) is 0 Å². The van der Waals surface area contributed by atoms with Crippen LogP contribution in [-0.4, -0.2) is 29.0 Å². The Labute approximate surface area is 131 Å². The van der Waals surface area contributed by atoms with Crippen molar-refractivity contribution in [2.75, 3.05) is 6.26 Å². The van der Waals surface area contributed by atoms with Crippen molar-refractivity contribution >= 4 is 32.5 Å². The van der Waals surface area contributed by atoms with Gasteiger partial charge in [0.05, 0.1) is 21.2 Å². The molecular formula is C15H21ClN2O2S.